The molecular weight excluding hydrogens is 374 g/mol. The standard InChI is InChI=1S/C20H19N5O4/c1-25-11-14(17(24-25)15-8-9-21-12-22-15)19(27)23-16(18(26)20(28)29-2)10-13-6-4-3-5-7-13/h3-9,11-12,16H,10H2,1-2H3,(H,23,27). The lowest BCUT2D eigenvalue weighted by Gasteiger charge is -2.16. The van der Waals surface area contributed by atoms with Crippen LogP contribution in [0.4, 0.5) is 0 Å². The summed E-state index contributed by atoms with van der Waals surface area (Å²) in [5.74, 6) is -2.41. The Balaban J connectivity index is 1.89. The van der Waals surface area contributed by atoms with Gasteiger partial charge in [-0.25, -0.2) is 14.8 Å². The molecule has 1 atom stereocenters. The Bertz CT molecular complexity index is 1020. The summed E-state index contributed by atoms with van der Waals surface area (Å²) in [6.45, 7) is 0. The number of hydrogen-bond acceptors (Lipinski definition) is 7. The van der Waals surface area contributed by atoms with Crippen LogP contribution < -0.4 is 5.32 Å². The average molecular weight is 393 g/mol. The SMILES string of the molecule is COC(=O)C(=O)C(Cc1ccccc1)NC(=O)c1cn(C)nc1-c1ccncn1. The summed E-state index contributed by atoms with van der Waals surface area (Å²) in [6, 6.07) is 9.61. The molecule has 2 heterocycles. The number of ketones is 1. The van der Waals surface area contributed by atoms with Gasteiger partial charge in [-0.3, -0.25) is 14.3 Å². The highest BCUT2D eigenvalue weighted by Crippen LogP contribution is 2.19. The molecule has 1 amide bonds. The van der Waals surface area contributed by atoms with E-state index >= 15 is 0 Å². The molecule has 0 aliphatic carbocycles. The monoisotopic (exact) mass is 393 g/mol. The van der Waals surface area contributed by atoms with Gasteiger partial charge in [-0.05, 0) is 11.6 Å². The summed E-state index contributed by atoms with van der Waals surface area (Å²) in [4.78, 5) is 45.2. The van der Waals surface area contributed by atoms with E-state index in [1.165, 1.54) is 23.4 Å². The number of esters is 1. The molecule has 0 spiro atoms. The van der Waals surface area contributed by atoms with Gasteiger partial charge in [-0.2, -0.15) is 5.10 Å². The Morgan fingerprint density at radius 2 is 1.93 bits per heavy atom. The minimum absolute atomic E-state index is 0.142. The second-order valence-electron chi connectivity index (χ2n) is 6.23. The molecule has 0 bridgehead atoms. The number of ether oxygens (including phenoxy) is 1. The van der Waals surface area contributed by atoms with E-state index in [2.05, 4.69) is 25.1 Å². The molecule has 9 nitrogen and oxygen atoms in total. The Morgan fingerprint density at radius 3 is 2.59 bits per heavy atom. The number of rotatable bonds is 7. The van der Waals surface area contributed by atoms with Gasteiger partial charge in [0.15, 0.2) is 0 Å². The first-order chi connectivity index (χ1) is 14.0. The zero-order chi connectivity index (χ0) is 20.8. The van der Waals surface area contributed by atoms with Crippen LogP contribution in [0.2, 0.25) is 0 Å². The van der Waals surface area contributed by atoms with Gasteiger partial charge < -0.3 is 10.1 Å². The third-order valence-electron chi connectivity index (χ3n) is 4.19. The molecule has 1 aromatic carbocycles. The van der Waals surface area contributed by atoms with E-state index in [-0.39, 0.29) is 12.0 Å². The Kier molecular flexibility index (Phi) is 6.08. The number of aromatic nitrogens is 4. The van der Waals surface area contributed by atoms with Crippen LogP contribution in [-0.4, -0.2) is 50.6 Å². The van der Waals surface area contributed by atoms with Gasteiger partial charge >= 0.3 is 5.97 Å². The molecule has 1 unspecified atom stereocenters. The zero-order valence-electron chi connectivity index (χ0n) is 15.9. The number of amides is 1. The third kappa shape index (κ3) is 4.70. The summed E-state index contributed by atoms with van der Waals surface area (Å²) < 4.78 is 6.01. The van der Waals surface area contributed by atoms with Crippen molar-refractivity contribution in [2.75, 3.05) is 7.11 Å². The molecule has 0 aliphatic rings. The highest BCUT2D eigenvalue weighted by Gasteiger charge is 2.29. The topological polar surface area (TPSA) is 116 Å². The van der Waals surface area contributed by atoms with E-state index < -0.39 is 23.7 Å². The van der Waals surface area contributed by atoms with Crippen molar-refractivity contribution >= 4 is 17.7 Å². The van der Waals surface area contributed by atoms with Crippen LogP contribution in [0.25, 0.3) is 11.4 Å². The lowest BCUT2D eigenvalue weighted by atomic mass is 10.0. The number of Topliss-reactive ketones (excluding diaryl/α,β-unsaturated/α-hetero) is 1. The smallest absolute Gasteiger partial charge is 0.376 e. The van der Waals surface area contributed by atoms with E-state index in [9.17, 15) is 14.4 Å². The van der Waals surface area contributed by atoms with E-state index in [0.717, 1.165) is 12.7 Å². The van der Waals surface area contributed by atoms with Gasteiger partial charge in [-0.15, -0.1) is 0 Å². The average Bonchev–Trinajstić information content (AvgIpc) is 3.15. The first-order valence-electron chi connectivity index (χ1n) is 8.76. The maximum atomic E-state index is 13.0. The van der Waals surface area contributed by atoms with Crippen molar-refractivity contribution in [3.8, 4) is 11.4 Å². The maximum absolute atomic E-state index is 13.0. The van der Waals surface area contributed by atoms with Crippen LogP contribution in [0.15, 0.2) is 55.1 Å². The van der Waals surface area contributed by atoms with Crippen molar-refractivity contribution in [2.24, 2.45) is 7.05 Å². The molecule has 0 saturated heterocycles. The van der Waals surface area contributed by atoms with Gasteiger partial charge in [0.25, 0.3) is 11.7 Å². The van der Waals surface area contributed by atoms with Crippen LogP contribution in [0.3, 0.4) is 0 Å². The molecule has 3 rings (SSSR count). The fourth-order valence-corrected chi connectivity index (χ4v) is 2.81. The van der Waals surface area contributed by atoms with Gasteiger partial charge in [-0.1, -0.05) is 30.3 Å². The normalized spacial score (nSPS) is 11.5. The molecular formula is C20H19N5O4. The molecule has 0 radical (unpaired) electrons. The minimum atomic E-state index is -1.09. The predicted molar refractivity (Wildman–Crippen MR) is 103 cm³/mol. The van der Waals surface area contributed by atoms with Gasteiger partial charge in [0.2, 0.25) is 0 Å². The molecule has 0 aliphatic heterocycles. The van der Waals surface area contributed by atoms with Gasteiger partial charge in [0, 0.05) is 25.9 Å². The maximum Gasteiger partial charge on any atom is 0.376 e. The van der Waals surface area contributed by atoms with E-state index in [0.29, 0.717) is 11.4 Å². The van der Waals surface area contributed by atoms with Gasteiger partial charge in [0.05, 0.1) is 18.4 Å². The van der Waals surface area contributed by atoms with Crippen LogP contribution in [-0.2, 0) is 27.8 Å². The number of carbonyl (C=O) groups excluding carboxylic acids is 3. The summed E-state index contributed by atoms with van der Waals surface area (Å²) >= 11 is 0. The highest BCUT2D eigenvalue weighted by molar-refractivity contribution is 6.36. The fourth-order valence-electron chi connectivity index (χ4n) is 2.81. The Morgan fingerprint density at radius 1 is 1.17 bits per heavy atom. The molecule has 1 N–H and O–H groups in total. The summed E-state index contributed by atoms with van der Waals surface area (Å²) in [7, 11) is 2.79. The van der Waals surface area contributed by atoms with Gasteiger partial charge in [0.1, 0.15) is 18.1 Å². The number of hydrogen-bond donors (Lipinski definition) is 1. The summed E-state index contributed by atoms with van der Waals surface area (Å²) in [5, 5.41) is 6.91. The lowest BCUT2D eigenvalue weighted by Crippen LogP contribution is -2.45. The number of carbonyl (C=O) groups is 3. The van der Waals surface area contributed by atoms with Crippen molar-refractivity contribution in [3.63, 3.8) is 0 Å². The number of nitrogens with one attached hydrogen (secondary N) is 1. The number of aryl methyl sites for hydroxylation is 1. The van der Waals surface area contributed by atoms with Crippen molar-refractivity contribution in [1.29, 1.82) is 0 Å². The minimum Gasteiger partial charge on any atom is -0.463 e. The van der Waals surface area contributed by atoms with Crippen molar-refractivity contribution in [3.05, 3.63) is 66.2 Å². The Labute approximate surface area is 166 Å². The molecule has 2 aromatic heterocycles. The molecule has 3 aromatic rings. The van der Waals surface area contributed by atoms with Crippen molar-refractivity contribution < 1.29 is 19.1 Å². The number of benzene rings is 1. The van der Waals surface area contributed by atoms with Crippen LogP contribution in [0.1, 0.15) is 15.9 Å². The molecule has 9 heteroatoms. The van der Waals surface area contributed by atoms with E-state index in [4.69, 9.17) is 0 Å². The highest BCUT2D eigenvalue weighted by atomic mass is 16.5. The molecule has 148 valence electrons. The predicted octanol–water partition coefficient (Wildman–Crippen LogP) is 0.960. The first kappa shape index (κ1) is 19.9. The largest absolute Gasteiger partial charge is 0.463 e. The zero-order valence-corrected chi connectivity index (χ0v) is 15.9. The van der Waals surface area contributed by atoms with Crippen molar-refractivity contribution in [1.82, 2.24) is 25.1 Å². The molecule has 29 heavy (non-hydrogen) atoms. The summed E-state index contributed by atoms with van der Waals surface area (Å²) in [6.07, 6.45) is 4.56. The van der Waals surface area contributed by atoms with Crippen molar-refractivity contribution in [2.45, 2.75) is 12.5 Å². The molecule has 0 fully saturated rings. The van der Waals surface area contributed by atoms with Crippen LogP contribution in [0, 0.1) is 0 Å². The second kappa shape index (κ2) is 8.87. The third-order valence-corrected chi connectivity index (χ3v) is 4.19. The van der Waals surface area contributed by atoms with Crippen LogP contribution >= 0.6 is 0 Å². The number of nitrogens with zero attached hydrogens (tertiary/aromatic N) is 4. The first-order valence-corrected chi connectivity index (χ1v) is 8.76. The Hall–Kier alpha value is -3.88. The lowest BCUT2D eigenvalue weighted by molar-refractivity contribution is -0.152. The second-order valence-corrected chi connectivity index (χ2v) is 6.23. The summed E-state index contributed by atoms with van der Waals surface area (Å²) in [5.41, 5.74) is 1.82. The molecule has 0 saturated carbocycles. The fraction of sp³-hybridized carbons (Fsp3) is 0.200. The van der Waals surface area contributed by atoms with E-state index in [1.807, 2.05) is 18.2 Å². The van der Waals surface area contributed by atoms with E-state index in [1.54, 1.807) is 25.2 Å². The quantitative estimate of drug-likeness (QED) is 0.469. The number of methoxy groups -OCH3 is 1. The van der Waals surface area contributed by atoms with Crippen LogP contribution in [0.5, 0.6) is 0 Å².